The van der Waals surface area contributed by atoms with Crippen LogP contribution in [0.2, 0.25) is 0 Å². The summed E-state index contributed by atoms with van der Waals surface area (Å²) in [4.78, 5) is 27.7. The fraction of sp³-hybridized carbons (Fsp3) is 0.458. The Bertz CT molecular complexity index is 1090. The molecule has 1 unspecified atom stereocenters. The molecule has 0 aromatic carbocycles. The molecule has 3 aliphatic rings. The van der Waals surface area contributed by atoms with E-state index < -0.39 is 0 Å². The Morgan fingerprint density at radius 2 is 2.07 bits per heavy atom. The quantitative estimate of drug-likeness (QED) is 0.773. The summed E-state index contributed by atoms with van der Waals surface area (Å²) >= 11 is 0. The molecule has 1 saturated heterocycles. The second kappa shape index (κ2) is 7.60. The number of ketones is 1. The van der Waals surface area contributed by atoms with Crippen molar-refractivity contribution in [3.05, 3.63) is 53.5 Å². The fourth-order valence-corrected chi connectivity index (χ4v) is 4.62. The average Bonchev–Trinajstić information content (AvgIpc) is 3.07. The van der Waals surface area contributed by atoms with Crippen LogP contribution in [0.1, 0.15) is 37.4 Å². The second-order valence-corrected chi connectivity index (χ2v) is 8.85. The molecule has 6 nitrogen and oxygen atoms in total. The van der Waals surface area contributed by atoms with Crippen LogP contribution >= 0.6 is 0 Å². The van der Waals surface area contributed by atoms with Crippen molar-refractivity contribution in [3.63, 3.8) is 0 Å². The monoisotopic (exact) mass is 403 g/mol. The summed E-state index contributed by atoms with van der Waals surface area (Å²) < 4.78 is 1.98. The molecule has 2 aromatic heterocycles. The summed E-state index contributed by atoms with van der Waals surface area (Å²) in [5, 5.41) is 0. The highest BCUT2D eigenvalue weighted by molar-refractivity contribution is 6.25. The predicted octanol–water partition coefficient (Wildman–Crippen LogP) is 3.12. The SMILES string of the molecule is Cc1ccn2cc(C3=CC4=CCC(N5CCN(C)[C@@H](C)C5)N=C4CCC3=O)nc2c1. The van der Waals surface area contributed by atoms with Crippen LogP contribution < -0.4 is 0 Å². The van der Waals surface area contributed by atoms with Gasteiger partial charge in [-0.3, -0.25) is 14.7 Å². The fourth-order valence-electron chi connectivity index (χ4n) is 4.62. The third-order valence-corrected chi connectivity index (χ3v) is 6.68. The molecule has 156 valence electrons. The molecule has 0 N–H and O–H groups in total. The van der Waals surface area contributed by atoms with E-state index in [-0.39, 0.29) is 11.9 Å². The lowest BCUT2D eigenvalue weighted by molar-refractivity contribution is -0.113. The van der Waals surface area contributed by atoms with Gasteiger partial charge in [-0.25, -0.2) is 4.98 Å². The number of hydrogen-bond donors (Lipinski definition) is 0. The molecule has 0 spiro atoms. The Balaban J connectivity index is 1.43. The summed E-state index contributed by atoms with van der Waals surface area (Å²) in [7, 11) is 2.19. The molecule has 30 heavy (non-hydrogen) atoms. The number of fused-ring (bicyclic) bond motifs is 2. The maximum absolute atomic E-state index is 12.9. The molecule has 0 radical (unpaired) electrons. The molecule has 5 rings (SSSR count). The zero-order valence-corrected chi connectivity index (χ0v) is 18.0. The Kier molecular flexibility index (Phi) is 4.91. The van der Waals surface area contributed by atoms with Gasteiger partial charge in [0.25, 0.3) is 0 Å². The van der Waals surface area contributed by atoms with Crippen molar-refractivity contribution in [2.24, 2.45) is 4.99 Å². The van der Waals surface area contributed by atoms with Crippen LogP contribution in [0.15, 0.2) is 47.2 Å². The first-order chi connectivity index (χ1) is 14.5. The van der Waals surface area contributed by atoms with Crippen LogP contribution in [0, 0.1) is 6.92 Å². The highest BCUT2D eigenvalue weighted by Crippen LogP contribution is 2.29. The zero-order chi connectivity index (χ0) is 20.8. The number of aliphatic imine (C=N–C) groups is 1. The van der Waals surface area contributed by atoms with E-state index in [2.05, 4.69) is 42.8 Å². The number of piperazine rings is 1. The van der Waals surface area contributed by atoms with Gasteiger partial charge < -0.3 is 9.30 Å². The van der Waals surface area contributed by atoms with Gasteiger partial charge in [-0.1, -0.05) is 6.08 Å². The van der Waals surface area contributed by atoms with Crippen LogP contribution in [0.5, 0.6) is 0 Å². The van der Waals surface area contributed by atoms with E-state index in [9.17, 15) is 4.79 Å². The molecule has 1 fully saturated rings. The molecule has 0 bridgehead atoms. The second-order valence-electron chi connectivity index (χ2n) is 8.85. The number of aryl methyl sites for hydroxylation is 1. The normalized spacial score (nSPS) is 26.1. The van der Waals surface area contributed by atoms with E-state index in [4.69, 9.17) is 9.98 Å². The number of imidazole rings is 1. The lowest BCUT2D eigenvalue weighted by Crippen LogP contribution is -2.53. The first-order valence-electron chi connectivity index (χ1n) is 10.9. The van der Waals surface area contributed by atoms with Crippen molar-refractivity contribution in [2.75, 3.05) is 26.7 Å². The highest BCUT2D eigenvalue weighted by Gasteiger charge is 2.30. The van der Waals surface area contributed by atoms with Crippen molar-refractivity contribution in [2.45, 2.75) is 45.3 Å². The van der Waals surface area contributed by atoms with Gasteiger partial charge in [-0.2, -0.15) is 0 Å². The summed E-state index contributed by atoms with van der Waals surface area (Å²) in [6, 6.07) is 4.64. The number of pyridine rings is 1. The van der Waals surface area contributed by atoms with E-state index in [0.29, 0.717) is 24.5 Å². The minimum Gasteiger partial charge on any atom is -0.306 e. The van der Waals surface area contributed by atoms with Crippen LogP contribution in [0.4, 0.5) is 0 Å². The Labute approximate surface area is 177 Å². The molecule has 0 saturated carbocycles. The molecule has 2 aromatic rings. The first-order valence-corrected chi connectivity index (χ1v) is 10.9. The van der Waals surface area contributed by atoms with E-state index in [1.54, 1.807) is 0 Å². The zero-order valence-electron chi connectivity index (χ0n) is 18.0. The molecule has 0 amide bonds. The van der Waals surface area contributed by atoms with Gasteiger partial charge in [-0.15, -0.1) is 0 Å². The predicted molar refractivity (Wildman–Crippen MR) is 120 cm³/mol. The van der Waals surface area contributed by atoms with Gasteiger partial charge in [0.05, 0.1) is 5.69 Å². The minimum absolute atomic E-state index is 0.151. The maximum atomic E-state index is 12.9. The van der Waals surface area contributed by atoms with Gasteiger partial charge in [-0.05, 0) is 56.7 Å². The van der Waals surface area contributed by atoms with Crippen molar-refractivity contribution < 1.29 is 4.79 Å². The minimum atomic E-state index is 0.151. The number of carbonyl (C=O) groups is 1. The molecular formula is C24H29N5O. The lowest BCUT2D eigenvalue weighted by atomic mass is 10.0. The number of Topliss-reactive ketones (excluding diaryl/α,β-unsaturated/α-hetero) is 1. The van der Waals surface area contributed by atoms with Crippen molar-refractivity contribution >= 4 is 22.7 Å². The Morgan fingerprint density at radius 3 is 2.90 bits per heavy atom. The lowest BCUT2D eigenvalue weighted by Gasteiger charge is -2.41. The van der Waals surface area contributed by atoms with Crippen LogP contribution in [0.25, 0.3) is 11.2 Å². The molecular weight excluding hydrogens is 374 g/mol. The van der Waals surface area contributed by atoms with Gasteiger partial charge >= 0.3 is 0 Å². The molecule has 1 aliphatic carbocycles. The topological polar surface area (TPSA) is 53.2 Å². The number of likely N-dealkylation sites (N-methyl/N-ethyl adjacent to an activating group) is 1. The van der Waals surface area contributed by atoms with Crippen LogP contribution in [-0.2, 0) is 4.79 Å². The van der Waals surface area contributed by atoms with Crippen molar-refractivity contribution in [1.82, 2.24) is 19.2 Å². The van der Waals surface area contributed by atoms with Crippen molar-refractivity contribution in [1.29, 1.82) is 0 Å². The van der Waals surface area contributed by atoms with Gasteiger partial charge in [0.2, 0.25) is 0 Å². The van der Waals surface area contributed by atoms with Crippen molar-refractivity contribution in [3.8, 4) is 0 Å². The van der Waals surface area contributed by atoms with Gasteiger partial charge in [0.15, 0.2) is 5.78 Å². The van der Waals surface area contributed by atoms with E-state index in [1.165, 1.54) is 0 Å². The van der Waals surface area contributed by atoms with Crippen LogP contribution in [-0.4, -0.2) is 69.6 Å². The number of dihydropyridines is 1. The third-order valence-electron chi connectivity index (χ3n) is 6.68. The third kappa shape index (κ3) is 3.55. The van der Waals surface area contributed by atoms with Gasteiger partial charge in [0, 0.05) is 62.2 Å². The summed E-state index contributed by atoms with van der Waals surface area (Å²) in [5.74, 6) is 0.151. The number of rotatable bonds is 2. The van der Waals surface area contributed by atoms with E-state index in [0.717, 1.165) is 54.2 Å². The van der Waals surface area contributed by atoms with Gasteiger partial charge in [0.1, 0.15) is 11.8 Å². The Morgan fingerprint density at radius 1 is 1.20 bits per heavy atom. The molecule has 2 atom stereocenters. The highest BCUT2D eigenvalue weighted by atomic mass is 16.1. The Hall–Kier alpha value is -2.57. The summed E-state index contributed by atoms with van der Waals surface area (Å²) in [6.07, 6.45) is 10.5. The van der Waals surface area contributed by atoms with E-state index >= 15 is 0 Å². The number of allylic oxidation sites excluding steroid dienone is 3. The summed E-state index contributed by atoms with van der Waals surface area (Å²) in [5.41, 5.74) is 5.67. The maximum Gasteiger partial charge on any atom is 0.165 e. The number of carbonyl (C=O) groups excluding carboxylic acids is 1. The number of aromatic nitrogens is 2. The molecule has 6 heteroatoms. The smallest absolute Gasteiger partial charge is 0.165 e. The van der Waals surface area contributed by atoms with E-state index in [1.807, 2.05) is 28.9 Å². The molecule has 4 heterocycles. The largest absolute Gasteiger partial charge is 0.306 e. The number of hydrogen-bond acceptors (Lipinski definition) is 5. The number of nitrogens with zero attached hydrogens (tertiary/aromatic N) is 5. The average molecular weight is 404 g/mol. The first kappa shape index (κ1) is 19.4. The standard InChI is InChI=1S/C24H29N5O/c1-16-8-9-28-15-21(26-24(28)12-16)19-13-18-4-7-23(25-20(18)5-6-22(19)30)29-11-10-27(3)17(2)14-29/h4,8-9,12-13,15,17,23H,5-7,10-11,14H2,1-3H3/t17-,23?/m0/s1. The molecule has 2 aliphatic heterocycles. The summed E-state index contributed by atoms with van der Waals surface area (Å²) in [6.45, 7) is 7.50. The van der Waals surface area contributed by atoms with Crippen LogP contribution in [0.3, 0.4) is 0 Å².